The van der Waals surface area contributed by atoms with Crippen LogP contribution in [0.5, 0.6) is 0 Å². The average Bonchev–Trinajstić information content (AvgIpc) is 2.54. The van der Waals surface area contributed by atoms with E-state index in [0.29, 0.717) is 16.1 Å². The van der Waals surface area contributed by atoms with E-state index in [1.165, 1.54) is 34.6 Å². The molecule has 0 radical (unpaired) electrons. The highest BCUT2D eigenvalue weighted by molar-refractivity contribution is 7.88. The van der Waals surface area contributed by atoms with Gasteiger partial charge in [0, 0.05) is 30.2 Å². The topological polar surface area (TPSA) is 66.5 Å². The molecule has 8 heteroatoms. The van der Waals surface area contributed by atoms with Crippen molar-refractivity contribution in [3.8, 4) is 0 Å². The van der Waals surface area contributed by atoms with E-state index in [2.05, 4.69) is 5.32 Å². The van der Waals surface area contributed by atoms with Crippen LogP contribution in [0, 0.1) is 5.82 Å². The number of nitrogens with zero attached hydrogens (tertiary/aromatic N) is 1. The lowest BCUT2D eigenvalue weighted by atomic mass is 10.2. The van der Waals surface area contributed by atoms with E-state index in [1.807, 2.05) is 0 Å². The monoisotopic (exact) mass is 384 g/mol. The molecule has 0 aromatic heterocycles. The third kappa shape index (κ3) is 6.12. The van der Waals surface area contributed by atoms with Crippen molar-refractivity contribution in [2.75, 3.05) is 19.3 Å². The van der Waals surface area contributed by atoms with E-state index in [1.54, 1.807) is 18.2 Å². The maximum absolute atomic E-state index is 13.0. The summed E-state index contributed by atoms with van der Waals surface area (Å²) in [5.41, 5.74) is 1.06. The molecule has 0 saturated carbocycles. The Bertz CT molecular complexity index is 841. The maximum atomic E-state index is 13.0. The van der Waals surface area contributed by atoms with E-state index < -0.39 is 10.0 Å². The summed E-state index contributed by atoms with van der Waals surface area (Å²) in [5, 5.41) is 3.11. The molecule has 0 atom stereocenters. The van der Waals surface area contributed by atoms with Gasteiger partial charge < -0.3 is 5.32 Å². The number of benzene rings is 2. The minimum atomic E-state index is -3.48. The first-order valence-corrected chi connectivity index (χ1v) is 9.71. The molecule has 2 aromatic carbocycles. The third-order valence-electron chi connectivity index (χ3n) is 3.47. The lowest BCUT2D eigenvalue weighted by Gasteiger charge is -2.20. The van der Waals surface area contributed by atoms with Gasteiger partial charge in [-0.2, -0.15) is 4.31 Å². The van der Waals surface area contributed by atoms with Gasteiger partial charge in [0.1, 0.15) is 5.82 Å². The molecule has 0 aliphatic heterocycles. The third-order valence-corrected chi connectivity index (χ3v) is 4.96. The second-order valence-electron chi connectivity index (χ2n) is 5.49. The SMILES string of the molecule is CS(=O)(=O)N(CCNC(=O)c1cccc(Cl)c1)Cc1ccc(F)cc1. The summed E-state index contributed by atoms with van der Waals surface area (Å²) < 4.78 is 38.0. The fourth-order valence-corrected chi connectivity index (χ4v) is 3.18. The molecule has 2 aromatic rings. The number of halogens is 2. The molecule has 0 heterocycles. The first-order chi connectivity index (χ1) is 11.8. The highest BCUT2D eigenvalue weighted by Gasteiger charge is 2.17. The van der Waals surface area contributed by atoms with E-state index in [4.69, 9.17) is 11.6 Å². The number of hydrogen-bond donors (Lipinski definition) is 1. The number of carbonyl (C=O) groups excluding carboxylic acids is 1. The van der Waals surface area contributed by atoms with Gasteiger partial charge >= 0.3 is 0 Å². The van der Waals surface area contributed by atoms with Gasteiger partial charge in [0.15, 0.2) is 0 Å². The number of hydrogen-bond acceptors (Lipinski definition) is 3. The summed E-state index contributed by atoms with van der Waals surface area (Å²) in [6.07, 6.45) is 1.09. The zero-order valence-electron chi connectivity index (χ0n) is 13.6. The zero-order chi connectivity index (χ0) is 18.4. The van der Waals surface area contributed by atoms with Crippen LogP contribution in [0.3, 0.4) is 0 Å². The Balaban J connectivity index is 1.96. The van der Waals surface area contributed by atoms with Crippen molar-refractivity contribution in [3.63, 3.8) is 0 Å². The Morgan fingerprint density at radius 1 is 1.20 bits per heavy atom. The molecule has 0 aliphatic rings. The Hall–Kier alpha value is -1.96. The van der Waals surface area contributed by atoms with Crippen LogP contribution in [0.4, 0.5) is 4.39 Å². The predicted molar refractivity (Wildman–Crippen MR) is 95.4 cm³/mol. The van der Waals surface area contributed by atoms with E-state index in [9.17, 15) is 17.6 Å². The molecule has 0 spiro atoms. The Morgan fingerprint density at radius 3 is 2.48 bits per heavy atom. The Morgan fingerprint density at radius 2 is 1.88 bits per heavy atom. The number of amides is 1. The molecule has 0 saturated heterocycles. The summed E-state index contributed by atoms with van der Waals surface area (Å²) in [6.45, 7) is 0.342. The number of carbonyl (C=O) groups is 1. The largest absolute Gasteiger partial charge is 0.351 e. The number of rotatable bonds is 7. The predicted octanol–water partition coefficient (Wildman–Crippen LogP) is 2.67. The minimum absolute atomic E-state index is 0.0997. The summed E-state index contributed by atoms with van der Waals surface area (Å²) in [4.78, 5) is 12.0. The molecule has 0 bridgehead atoms. The van der Waals surface area contributed by atoms with Gasteiger partial charge in [-0.3, -0.25) is 4.79 Å². The van der Waals surface area contributed by atoms with Crippen LogP contribution in [-0.2, 0) is 16.6 Å². The number of sulfonamides is 1. The van der Waals surface area contributed by atoms with E-state index >= 15 is 0 Å². The fourth-order valence-electron chi connectivity index (χ4n) is 2.18. The molecule has 0 aliphatic carbocycles. The second-order valence-corrected chi connectivity index (χ2v) is 7.91. The van der Waals surface area contributed by atoms with Crippen molar-refractivity contribution in [1.82, 2.24) is 9.62 Å². The van der Waals surface area contributed by atoms with Gasteiger partial charge in [-0.25, -0.2) is 12.8 Å². The molecule has 5 nitrogen and oxygen atoms in total. The van der Waals surface area contributed by atoms with Crippen LogP contribution in [-0.4, -0.2) is 38.0 Å². The molecule has 2 rings (SSSR count). The van der Waals surface area contributed by atoms with Gasteiger partial charge in [-0.1, -0.05) is 29.8 Å². The van der Waals surface area contributed by atoms with Crippen LogP contribution in [0.15, 0.2) is 48.5 Å². The minimum Gasteiger partial charge on any atom is -0.351 e. The highest BCUT2D eigenvalue weighted by atomic mass is 35.5. The fraction of sp³-hybridized carbons (Fsp3) is 0.235. The molecule has 1 amide bonds. The summed E-state index contributed by atoms with van der Waals surface area (Å²) in [6, 6.07) is 12.1. The van der Waals surface area contributed by atoms with Crippen LogP contribution >= 0.6 is 11.6 Å². The summed E-state index contributed by atoms with van der Waals surface area (Å²) >= 11 is 5.84. The standard InChI is InChI=1S/C17H18ClFN2O3S/c1-25(23,24)21(12-13-5-7-16(19)8-6-13)10-9-20-17(22)14-3-2-4-15(18)11-14/h2-8,11H,9-10,12H2,1H3,(H,20,22). The van der Waals surface area contributed by atoms with Crippen molar-refractivity contribution < 1.29 is 17.6 Å². The Kier molecular flexibility index (Phi) is 6.52. The normalized spacial score (nSPS) is 11.5. The highest BCUT2D eigenvalue weighted by Crippen LogP contribution is 2.11. The lowest BCUT2D eigenvalue weighted by molar-refractivity contribution is 0.0951. The molecular weight excluding hydrogens is 367 g/mol. The van der Waals surface area contributed by atoms with Gasteiger partial charge in [-0.15, -0.1) is 0 Å². The quantitative estimate of drug-likeness (QED) is 0.798. The summed E-state index contributed by atoms with van der Waals surface area (Å²) in [5.74, 6) is -0.721. The van der Waals surface area contributed by atoms with Gasteiger partial charge in [0.2, 0.25) is 10.0 Å². The zero-order valence-corrected chi connectivity index (χ0v) is 15.1. The van der Waals surface area contributed by atoms with Gasteiger partial charge in [0.25, 0.3) is 5.91 Å². The molecule has 25 heavy (non-hydrogen) atoms. The van der Waals surface area contributed by atoms with Gasteiger partial charge in [0.05, 0.1) is 6.26 Å². The van der Waals surface area contributed by atoms with Crippen LogP contribution in [0.1, 0.15) is 15.9 Å². The van der Waals surface area contributed by atoms with Crippen LogP contribution in [0.25, 0.3) is 0 Å². The van der Waals surface area contributed by atoms with Crippen LogP contribution in [0.2, 0.25) is 5.02 Å². The smallest absolute Gasteiger partial charge is 0.251 e. The number of nitrogens with one attached hydrogen (secondary N) is 1. The summed E-state index contributed by atoms with van der Waals surface area (Å²) in [7, 11) is -3.48. The first kappa shape index (κ1) is 19.4. The average molecular weight is 385 g/mol. The maximum Gasteiger partial charge on any atom is 0.251 e. The molecule has 0 fully saturated rings. The van der Waals surface area contributed by atoms with Crippen molar-refractivity contribution >= 4 is 27.5 Å². The lowest BCUT2D eigenvalue weighted by Crippen LogP contribution is -2.37. The molecule has 134 valence electrons. The second kappa shape index (κ2) is 8.42. The van der Waals surface area contributed by atoms with Crippen molar-refractivity contribution in [2.24, 2.45) is 0 Å². The first-order valence-electron chi connectivity index (χ1n) is 7.49. The van der Waals surface area contributed by atoms with Gasteiger partial charge in [-0.05, 0) is 35.9 Å². The van der Waals surface area contributed by atoms with E-state index in [0.717, 1.165) is 6.26 Å². The van der Waals surface area contributed by atoms with Crippen LogP contribution < -0.4 is 5.32 Å². The van der Waals surface area contributed by atoms with Crippen molar-refractivity contribution in [2.45, 2.75) is 6.54 Å². The molecule has 0 unspecified atom stereocenters. The Labute approximate surface area is 151 Å². The molecule has 1 N–H and O–H groups in total. The van der Waals surface area contributed by atoms with Crippen molar-refractivity contribution in [1.29, 1.82) is 0 Å². The van der Waals surface area contributed by atoms with Crippen molar-refractivity contribution in [3.05, 3.63) is 70.5 Å². The van der Waals surface area contributed by atoms with E-state index in [-0.39, 0.29) is 31.4 Å². The molecular formula is C17H18ClFN2O3S.